The Morgan fingerprint density at radius 2 is 1.35 bits per heavy atom. The van der Waals surface area contributed by atoms with Gasteiger partial charge in [0.05, 0.1) is 19.8 Å². The van der Waals surface area contributed by atoms with Crippen molar-refractivity contribution >= 4 is 11.9 Å². The molecular formula is C45H56O7. The van der Waals surface area contributed by atoms with Crippen molar-refractivity contribution in [2.45, 2.75) is 92.3 Å². The fourth-order valence-electron chi connectivity index (χ4n) is 6.18. The van der Waals surface area contributed by atoms with Gasteiger partial charge in [-0.2, -0.15) is 0 Å². The van der Waals surface area contributed by atoms with E-state index in [0.29, 0.717) is 17.4 Å². The normalized spacial score (nSPS) is 12.8. The third kappa shape index (κ3) is 11.9. The Bertz CT molecular complexity index is 1700. The van der Waals surface area contributed by atoms with Crippen LogP contribution < -0.4 is 14.2 Å². The van der Waals surface area contributed by atoms with Gasteiger partial charge in [-0.15, -0.1) is 0 Å². The van der Waals surface area contributed by atoms with Gasteiger partial charge in [-0.3, -0.25) is 0 Å². The van der Waals surface area contributed by atoms with Gasteiger partial charge in [0, 0.05) is 0 Å². The number of carbonyl (C=O) groups excluding carboxylic acids is 2. The predicted molar refractivity (Wildman–Crippen MR) is 207 cm³/mol. The van der Waals surface area contributed by atoms with Crippen molar-refractivity contribution in [3.8, 4) is 23.0 Å². The number of hydrogen-bond acceptors (Lipinski definition) is 7. The molecule has 4 aromatic carbocycles. The van der Waals surface area contributed by atoms with Crippen LogP contribution in [-0.2, 0) is 22.5 Å². The first kappa shape index (κ1) is 40.0. The fourth-order valence-corrected chi connectivity index (χ4v) is 6.18. The van der Waals surface area contributed by atoms with Crippen molar-refractivity contribution in [2.24, 2.45) is 17.8 Å². The van der Waals surface area contributed by atoms with E-state index in [9.17, 15) is 9.59 Å². The van der Waals surface area contributed by atoms with Crippen LogP contribution in [0.5, 0.6) is 23.0 Å². The summed E-state index contributed by atoms with van der Waals surface area (Å²) in [5, 5.41) is 0. The summed E-state index contributed by atoms with van der Waals surface area (Å²) < 4.78 is 29.3. The second-order valence-electron chi connectivity index (χ2n) is 14.2. The van der Waals surface area contributed by atoms with Crippen LogP contribution in [0.4, 0.5) is 0 Å². The number of rotatable bonds is 20. The van der Waals surface area contributed by atoms with E-state index in [4.69, 9.17) is 23.7 Å². The molecule has 0 aliphatic heterocycles. The second-order valence-corrected chi connectivity index (χ2v) is 14.2. The maximum absolute atomic E-state index is 13.2. The molecule has 0 amide bonds. The summed E-state index contributed by atoms with van der Waals surface area (Å²) in [5.74, 6) is 2.12. The van der Waals surface area contributed by atoms with Gasteiger partial charge < -0.3 is 23.7 Å². The summed E-state index contributed by atoms with van der Waals surface area (Å²) in [7, 11) is 2.55. The number of ether oxygens (including phenoxy) is 5. The standard InChI is InChI=1S/C45H56O7/c1-8-32(4)14-12-15-33(5)20-26-40(31(2)3)52-41-27-25-39(44(46)48-6)42(45(47)49-7)43(41)50-30-35-21-23-37(24-22-35)51-38-19-13-18-36(29-38)28-34-16-10-9-11-17-34/h9-11,13,16-19,21-25,27,29,31-33,40H,8,12,14-15,20,26,28,30H2,1-7H3. The zero-order valence-corrected chi connectivity index (χ0v) is 32.0. The van der Waals surface area contributed by atoms with Gasteiger partial charge in [-0.05, 0) is 90.1 Å². The lowest BCUT2D eigenvalue weighted by Gasteiger charge is -2.26. The third-order valence-electron chi connectivity index (χ3n) is 9.66. The minimum Gasteiger partial charge on any atom is -0.486 e. The highest BCUT2D eigenvalue weighted by Crippen LogP contribution is 2.38. The Balaban J connectivity index is 1.51. The molecule has 3 atom stereocenters. The molecule has 0 bridgehead atoms. The van der Waals surface area contributed by atoms with E-state index >= 15 is 0 Å². The zero-order valence-electron chi connectivity index (χ0n) is 32.0. The highest BCUT2D eigenvalue weighted by molar-refractivity contribution is 6.05. The van der Waals surface area contributed by atoms with E-state index in [1.54, 1.807) is 6.07 Å². The van der Waals surface area contributed by atoms with E-state index in [0.717, 1.165) is 42.1 Å². The van der Waals surface area contributed by atoms with Crippen molar-refractivity contribution in [2.75, 3.05) is 14.2 Å². The van der Waals surface area contributed by atoms with Crippen LogP contribution >= 0.6 is 0 Å². The summed E-state index contributed by atoms with van der Waals surface area (Å²) in [6.07, 6.45) is 7.46. The van der Waals surface area contributed by atoms with Crippen molar-refractivity contribution in [3.05, 3.63) is 119 Å². The van der Waals surface area contributed by atoms with Gasteiger partial charge in [0.1, 0.15) is 29.8 Å². The molecule has 0 saturated heterocycles. The van der Waals surface area contributed by atoms with Gasteiger partial charge in [-0.1, -0.05) is 115 Å². The summed E-state index contributed by atoms with van der Waals surface area (Å²) in [6, 6.07) is 29.2. The van der Waals surface area contributed by atoms with E-state index < -0.39 is 11.9 Å². The molecule has 0 fully saturated rings. The van der Waals surface area contributed by atoms with Gasteiger partial charge >= 0.3 is 11.9 Å². The molecule has 3 unspecified atom stereocenters. The average Bonchev–Trinajstić information content (AvgIpc) is 3.15. The molecule has 0 N–H and O–H groups in total. The maximum Gasteiger partial charge on any atom is 0.342 e. The quantitative estimate of drug-likeness (QED) is 0.0845. The van der Waals surface area contributed by atoms with Gasteiger partial charge in [0.25, 0.3) is 0 Å². The number of benzene rings is 4. The Morgan fingerprint density at radius 1 is 0.654 bits per heavy atom. The SMILES string of the molecule is CCC(C)CCCC(C)CCC(Oc1ccc(C(=O)OC)c(C(=O)OC)c1OCc1ccc(Oc2cccc(Cc3ccccc3)c2)cc1)C(C)C. The van der Waals surface area contributed by atoms with Crippen molar-refractivity contribution in [3.63, 3.8) is 0 Å². The summed E-state index contributed by atoms with van der Waals surface area (Å²) in [6.45, 7) is 11.2. The summed E-state index contributed by atoms with van der Waals surface area (Å²) in [5.41, 5.74) is 3.26. The molecular weight excluding hydrogens is 652 g/mol. The molecule has 7 nitrogen and oxygen atoms in total. The molecule has 0 aliphatic rings. The highest BCUT2D eigenvalue weighted by Gasteiger charge is 2.29. The van der Waals surface area contributed by atoms with Crippen molar-refractivity contribution in [1.82, 2.24) is 0 Å². The molecule has 4 rings (SSSR count). The molecule has 0 radical (unpaired) electrons. The Hall–Kier alpha value is -4.78. The molecule has 4 aromatic rings. The molecule has 0 saturated carbocycles. The first-order valence-corrected chi connectivity index (χ1v) is 18.6. The number of esters is 2. The zero-order chi connectivity index (χ0) is 37.5. The third-order valence-corrected chi connectivity index (χ3v) is 9.66. The highest BCUT2D eigenvalue weighted by atomic mass is 16.5. The van der Waals surface area contributed by atoms with Crippen LogP contribution in [0.3, 0.4) is 0 Å². The summed E-state index contributed by atoms with van der Waals surface area (Å²) in [4.78, 5) is 26.0. The van der Waals surface area contributed by atoms with E-state index in [1.165, 1.54) is 51.5 Å². The Kier molecular flexibility index (Phi) is 15.6. The Labute approximate surface area is 310 Å². The van der Waals surface area contributed by atoms with Crippen LogP contribution in [0.15, 0.2) is 91.0 Å². The summed E-state index contributed by atoms with van der Waals surface area (Å²) >= 11 is 0. The van der Waals surface area contributed by atoms with Crippen LogP contribution in [0.2, 0.25) is 0 Å². The minimum atomic E-state index is -0.713. The minimum absolute atomic E-state index is 0.0249. The van der Waals surface area contributed by atoms with E-state index in [2.05, 4.69) is 52.8 Å². The van der Waals surface area contributed by atoms with Crippen molar-refractivity contribution < 1.29 is 33.3 Å². The fraction of sp³-hybridized carbons (Fsp3) is 0.422. The van der Waals surface area contributed by atoms with Gasteiger partial charge in [-0.25, -0.2) is 9.59 Å². The average molecular weight is 709 g/mol. The van der Waals surface area contributed by atoms with Crippen LogP contribution in [0, 0.1) is 17.8 Å². The molecule has 0 spiro atoms. The molecule has 278 valence electrons. The second kappa shape index (κ2) is 20.3. The van der Waals surface area contributed by atoms with E-state index in [-0.39, 0.29) is 35.5 Å². The number of methoxy groups -OCH3 is 2. The molecule has 0 heterocycles. The predicted octanol–water partition coefficient (Wildman–Crippen LogP) is 11.3. The number of carbonyl (C=O) groups is 2. The van der Waals surface area contributed by atoms with Gasteiger partial charge in [0.2, 0.25) is 0 Å². The smallest absolute Gasteiger partial charge is 0.342 e. The molecule has 0 aromatic heterocycles. The van der Waals surface area contributed by atoms with Gasteiger partial charge in [0.15, 0.2) is 11.5 Å². The largest absolute Gasteiger partial charge is 0.486 e. The Morgan fingerprint density at radius 3 is 2.02 bits per heavy atom. The lowest BCUT2D eigenvalue weighted by Crippen LogP contribution is -2.25. The first-order chi connectivity index (χ1) is 25.1. The van der Waals surface area contributed by atoms with E-state index in [1.807, 2.05) is 60.7 Å². The maximum atomic E-state index is 13.2. The first-order valence-electron chi connectivity index (χ1n) is 18.6. The lowest BCUT2D eigenvalue weighted by molar-refractivity contribution is 0.0548. The lowest BCUT2D eigenvalue weighted by atomic mass is 9.91. The molecule has 7 heteroatoms. The monoisotopic (exact) mass is 708 g/mol. The molecule has 52 heavy (non-hydrogen) atoms. The topological polar surface area (TPSA) is 80.3 Å². The van der Waals surface area contributed by atoms with Crippen LogP contribution in [0.25, 0.3) is 0 Å². The van der Waals surface area contributed by atoms with Crippen LogP contribution in [-0.4, -0.2) is 32.3 Å². The molecule has 0 aliphatic carbocycles. The van der Waals surface area contributed by atoms with Crippen LogP contribution in [0.1, 0.15) is 111 Å². The van der Waals surface area contributed by atoms with Crippen molar-refractivity contribution in [1.29, 1.82) is 0 Å². The number of hydrogen-bond donors (Lipinski definition) is 0.